The summed E-state index contributed by atoms with van der Waals surface area (Å²) in [4.78, 5) is 0. The molecule has 0 amide bonds. The molecule has 1 heterocycles. The fourth-order valence-corrected chi connectivity index (χ4v) is 5.25. The maximum absolute atomic E-state index is 13.4. The molecule has 4 rings (SSSR count). The molecule has 3 nitrogen and oxygen atoms in total. The van der Waals surface area contributed by atoms with Crippen molar-refractivity contribution >= 4 is 0 Å². The van der Waals surface area contributed by atoms with E-state index < -0.39 is 17.3 Å². The number of alkyl halides is 3. The Kier molecular flexibility index (Phi) is 5.53. The Morgan fingerprint density at radius 3 is 2.53 bits per heavy atom. The summed E-state index contributed by atoms with van der Waals surface area (Å²) in [5.74, 6) is -0.390. The van der Waals surface area contributed by atoms with Crippen LogP contribution in [-0.4, -0.2) is 31.0 Å². The normalized spacial score (nSPS) is 28.9. The van der Waals surface area contributed by atoms with Gasteiger partial charge in [-0.25, -0.2) is 4.39 Å². The van der Waals surface area contributed by atoms with Gasteiger partial charge in [0.15, 0.2) is 0 Å². The number of ether oxygens (including phenoxy) is 2. The molecule has 1 aliphatic carbocycles. The topological polar surface area (TPSA) is 38.7 Å². The molecule has 162 valence electrons. The van der Waals surface area contributed by atoms with Gasteiger partial charge in [0, 0.05) is 24.0 Å². The molecule has 1 N–H and O–H groups in total. The van der Waals surface area contributed by atoms with Gasteiger partial charge < -0.3 is 14.6 Å². The Hall–Kier alpha value is -2.12. The van der Waals surface area contributed by atoms with E-state index in [1.54, 1.807) is 12.1 Å². The Labute approximate surface area is 172 Å². The first-order valence-electron chi connectivity index (χ1n) is 10.0. The monoisotopic (exact) mass is 424 g/mol. The van der Waals surface area contributed by atoms with Crippen molar-refractivity contribution in [1.29, 1.82) is 0 Å². The molecule has 1 aliphatic heterocycles. The number of aliphatic hydroxyl groups excluding tert-OH is 1. The van der Waals surface area contributed by atoms with Crippen LogP contribution in [0.25, 0.3) is 0 Å². The van der Waals surface area contributed by atoms with E-state index >= 15 is 0 Å². The number of halogens is 4. The van der Waals surface area contributed by atoms with Gasteiger partial charge in [-0.3, -0.25) is 0 Å². The van der Waals surface area contributed by atoms with Crippen molar-refractivity contribution in [1.82, 2.24) is 0 Å². The fourth-order valence-electron chi connectivity index (χ4n) is 5.25. The smallest absolute Gasteiger partial charge is 0.416 e. The van der Waals surface area contributed by atoms with Crippen molar-refractivity contribution in [2.24, 2.45) is 5.92 Å². The molecular weight excluding hydrogens is 400 g/mol. The summed E-state index contributed by atoms with van der Waals surface area (Å²) in [6.07, 6.45) is -2.49. The van der Waals surface area contributed by atoms with Crippen LogP contribution in [0.15, 0.2) is 42.5 Å². The largest absolute Gasteiger partial charge is 0.496 e. The van der Waals surface area contributed by atoms with Crippen LogP contribution in [0.2, 0.25) is 0 Å². The second-order valence-electron chi connectivity index (χ2n) is 8.24. The van der Waals surface area contributed by atoms with Gasteiger partial charge in [0.1, 0.15) is 11.6 Å². The summed E-state index contributed by atoms with van der Waals surface area (Å²) in [6.45, 7) is 0.248. The third kappa shape index (κ3) is 3.69. The van der Waals surface area contributed by atoms with E-state index in [4.69, 9.17) is 9.47 Å². The Bertz CT molecular complexity index is 896. The van der Waals surface area contributed by atoms with Crippen LogP contribution in [0.4, 0.5) is 17.6 Å². The van der Waals surface area contributed by atoms with Crippen LogP contribution in [0.5, 0.6) is 5.75 Å². The lowest BCUT2D eigenvalue weighted by Crippen LogP contribution is -2.34. The summed E-state index contributed by atoms with van der Waals surface area (Å²) < 4.78 is 64.9. The zero-order valence-corrected chi connectivity index (χ0v) is 16.6. The standard InChI is InChI=1S/C23H24F4O3/c1-29-20-7-4-17(23(25,26)27)10-19(20)16-11-22(30-13-16)9-8-15(12-28)21(22)14-2-5-18(24)6-3-14/h2-7,10,15-16,21,28H,8-9,11-13H2,1H3/t15-,16+,21-,22-/m1/s1. The van der Waals surface area contributed by atoms with Crippen molar-refractivity contribution in [2.45, 2.75) is 42.9 Å². The second kappa shape index (κ2) is 7.85. The van der Waals surface area contributed by atoms with Gasteiger partial charge in [0.25, 0.3) is 0 Å². The zero-order chi connectivity index (χ0) is 21.5. The molecule has 2 aromatic rings. The van der Waals surface area contributed by atoms with Gasteiger partial charge in [-0.1, -0.05) is 12.1 Å². The second-order valence-corrected chi connectivity index (χ2v) is 8.24. The van der Waals surface area contributed by atoms with Gasteiger partial charge in [-0.15, -0.1) is 0 Å². The van der Waals surface area contributed by atoms with Gasteiger partial charge in [0.2, 0.25) is 0 Å². The van der Waals surface area contributed by atoms with Crippen LogP contribution in [0.3, 0.4) is 0 Å². The SMILES string of the molecule is COc1ccc(C(F)(F)F)cc1[C@@H]1CO[C@]2(CC[C@H](CO)[C@H]2c2ccc(F)cc2)C1. The molecule has 2 fully saturated rings. The highest BCUT2D eigenvalue weighted by Gasteiger charge is 2.54. The molecule has 1 saturated heterocycles. The molecule has 2 aliphatic rings. The van der Waals surface area contributed by atoms with E-state index in [2.05, 4.69) is 0 Å². The third-order valence-electron chi connectivity index (χ3n) is 6.60. The summed E-state index contributed by atoms with van der Waals surface area (Å²) in [5.41, 5.74) is 0.0443. The first-order chi connectivity index (χ1) is 14.3. The lowest BCUT2D eigenvalue weighted by atomic mass is 9.76. The van der Waals surface area contributed by atoms with Crippen LogP contribution in [0, 0.1) is 11.7 Å². The van der Waals surface area contributed by atoms with Crippen molar-refractivity contribution in [3.8, 4) is 5.75 Å². The maximum Gasteiger partial charge on any atom is 0.416 e. The summed E-state index contributed by atoms with van der Waals surface area (Å²) >= 11 is 0. The molecule has 1 saturated carbocycles. The predicted molar refractivity (Wildman–Crippen MR) is 103 cm³/mol. The maximum atomic E-state index is 13.4. The number of hydrogen-bond donors (Lipinski definition) is 1. The molecule has 30 heavy (non-hydrogen) atoms. The highest BCUT2D eigenvalue weighted by Crippen LogP contribution is 2.57. The van der Waals surface area contributed by atoms with E-state index in [0.717, 1.165) is 24.1 Å². The van der Waals surface area contributed by atoms with Gasteiger partial charge in [0.05, 0.1) is 24.9 Å². The van der Waals surface area contributed by atoms with Crippen molar-refractivity contribution in [2.75, 3.05) is 20.3 Å². The molecule has 0 radical (unpaired) electrons. The van der Waals surface area contributed by atoms with E-state index in [0.29, 0.717) is 24.2 Å². The number of hydrogen-bond acceptors (Lipinski definition) is 3. The molecule has 0 bridgehead atoms. The average Bonchev–Trinajstić information content (AvgIpc) is 3.31. The Balaban J connectivity index is 1.68. The van der Waals surface area contributed by atoms with Crippen LogP contribution < -0.4 is 4.74 Å². The Morgan fingerprint density at radius 2 is 1.90 bits per heavy atom. The minimum absolute atomic E-state index is 0.0231. The number of methoxy groups -OCH3 is 1. The molecule has 0 aromatic heterocycles. The number of benzene rings is 2. The summed E-state index contributed by atoms with van der Waals surface area (Å²) in [6, 6.07) is 9.71. The van der Waals surface area contributed by atoms with E-state index in [-0.39, 0.29) is 36.8 Å². The zero-order valence-electron chi connectivity index (χ0n) is 16.6. The van der Waals surface area contributed by atoms with Crippen LogP contribution in [0.1, 0.15) is 47.8 Å². The fraction of sp³-hybridized carbons (Fsp3) is 0.478. The highest BCUT2D eigenvalue weighted by molar-refractivity contribution is 5.42. The molecule has 7 heteroatoms. The molecule has 1 spiro atoms. The number of aliphatic hydroxyl groups is 1. The highest BCUT2D eigenvalue weighted by atomic mass is 19.4. The van der Waals surface area contributed by atoms with Crippen LogP contribution in [-0.2, 0) is 10.9 Å². The van der Waals surface area contributed by atoms with Crippen LogP contribution >= 0.6 is 0 Å². The quantitative estimate of drug-likeness (QED) is 0.679. The van der Waals surface area contributed by atoms with Gasteiger partial charge >= 0.3 is 6.18 Å². The summed E-state index contributed by atoms with van der Waals surface area (Å²) in [7, 11) is 1.44. The lowest BCUT2D eigenvalue weighted by molar-refractivity contribution is -0.137. The first kappa shape index (κ1) is 21.1. The molecular formula is C23H24F4O3. The van der Waals surface area contributed by atoms with E-state index in [1.165, 1.54) is 25.3 Å². The van der Waals surface area contributed by atoms with E-state index in [9.17, 15) is 22.7 Å². The van der Waals surface area contributed by atoms with Crippen molar-refractivity contribution < 1.29 is 32.1 Å². The third-order valence-corrected chi connectivity index (χ3v) is 6.60. The Morgan fingerprint density at radius 1 is 1.17 bits per heavy atom. The van der Waals surface area contributed by atoms with Gasteiger partial charge in [-0.05, 0) is 61.1 Å². The molecule has 2 aromatic carbocycles. The predicted octanol–water partition coefficient (Wildman–Crippen LogP) is 5.28. The van der Waals surface area contributed by atoms with Gasteiger partial charge in [-0.2, -0.15) is 13.2 Å². The molecule has 0 unspecified atom stereocenters. The minimum Gasteiger partial charge on any atom is -0.496 e. The summed E-state index contributed by atoms with van der Waals surface area (Å²) in [5, 5.41) is 9.91. The van der Waals surface area contributed by atoms with Crippen molar-refractivity contribution in [3.63, 3.8) is 0 Å². The average molecular weight is 424 g/mol. The minimum atomic E-state index is -4.44. The first-order valence-corrected chi connectivity index (χ1v) is 10.0. The van der Waals surface area contributed by atoms with Crippen molar-refractivity contribution in [3.05, 3.63) is 65.0 Å². The lowest BCUT2D eigenvalue weighted by Gasteiger charge is -2.33. The van der Waals surface area contributed by atoms with E-state index in [1.807, 2.05) is 0 Å². The molecule has 4 atom stereocenters. The number of rotatable bonds is 4.